The first-order valence-corrected chi connectivity index (χ1v) is 7.69. The Morgan fingerprint density at radius 1 is 0.741 bits per heavy atom. The lowest BCUT2D eigenvalue weighted by Gasteiger charge is -2.09. The number of carboxylic acid groups (broad SMARTS) is 2. The number of aromatic carboxylic acids is 2. The smallest absolute Gasteiger partial charge is 0.336 e. The molecule has 2 aromatic rings. The number of ketones is 2. The maximum atomic E-state index is 12.7. The lowest BCUT2D eigenvalue weighted by atomic mass is 9.94. The molecule has 138 valence electrons. The molecule has 0 bridgehead atoms. The summed E-state index contributed by atoms with van der Waals surface area (Å²) in [6.45, 7) is 1.18. The van der Waals surface area contributed by atoms with Gasteiger partial charge >= 0.3 is 11.9 Å². The Morgan fingerprint density at radius 3 is 1.67 bits per heavy atom. The summed E-state index contributed by atoms with van der Waals surface area (Å²) in [6.07, 6.45) is 0. The van der Waals surface area contributed by atoms with Crippen molar-refractivity contribution in [1.82, 2.24) is 5.32 Å². The van der Waals surface area contributed by atoms with Gasteiger partial charge in [0.15, 0.2) is 11.6 Å². The predicted molar refractivity (Wildman–Crippen MR) is 93.6 cm³/mol. The zero-order valence-electron chi connectivity index (χ0n) is 14.4. The van der Waals surface area contributed by atoms with E-state index < -0.39 is 29.4 Å². The van der Waals surface area contributed by atoms with Crippen LogP contribution in [0.25, 0.3) is 0 Å². The molecule has 1 amide bonds. The van der Waals surface area contributed by atoms with Crippen LogP contribution in [0.1, 0.15) is 64.3 Å². The number of carboxylic acids is 2. The van der Waals surface area contributed by atoms with E-state index in [0.717, 1.165) is 18.2 Å². The fourth-order valence-electron chi connectivity index (χ4n) is 2.53. The van der Waals surface area contributed by atoms with Gasteiger partial charge in [0.05, 0.1) is 16.7 Å². The van der Waals surface area contributed by atoms with E-state index in [4.69, 9.17) is 5.11 Å². The highest BCUT2D eigenvalue weighted by molar-refractivity contribution is 6.14. The third-order valence-electron chi connectivity index (χ3n) is 3.88. The highest BCUT2D eigenvalue weighted by Crippen LogP contribution is 2.19. The van der Waals surface area contributed by atoms with Crippen molar-refractivity contribution in [3.05, 3.63) is 69.8 Å². The molecule has 2 rings (SSSR count). The minimum atomic E-state index is -1.38. The summed E-state index contributed by atoms with van der Waals surface area (Å²) in [5.41, 5.74) is -0.817. The van der Waals surface area contributed by atoms with Crippen LogP contribution in [0.3, 0.4) is 0 Å². The molecule has 3 N–H and O–H groups in total. The molecule has 0 atom stereocenters. The highest BCUT2D eigenvalue weighted by Gasteiger charge is 2.21. The van der Waals surface area contributed by atoms with Crippen LogP contribution in [-0.4, -0.2) is 46.7 Å². The molecule has 27 heavy (non-hydrogen) atoms. The molecule has 0 unspecified atom stereocenters. The van der Waals surface area contributed by atoms with Gasteiger partial charge in [-0.15, -0.1) is 0 Å². The third-order valence-corrected chi connectivity index (χ3v) is 3.88. The van der Waals surface area contributed by atoms with Gasteiger partial charge in [-0.25, -0.2) is 9.59 Å². The van der Waals surface area contributed by atoms with Gasteiger partial charge in [0.25, 0.3) is 5.91 Å². The summed E-state index contributed by atoms with van der Waals surface area (Å²) >= 11 is 0. The molecule has 0 radical (unpaired) electrons. The van der Waals surface area contributed by atoms with Gasteiger partial charge in [-0.1, -0.05) is 12.1 Å². The maximum Gasteiger partial charge on any atom is 0.336 e. The van der Waals surface area contributed by atoms with Crippen molar-refractivity contribution in [1.29, 1.82) is 0 Å². The largest absolute Gasteiger partial charge is 0.478 e. The van der Waals surface area contributed by atoms with Crippen LogP contribution < -0.4 is 5.32 Å². The van der Waals surface area contributed by atoms with Gasteiger partial charge in [-0.3, -0.25) is 14.4 Å². The Kier molecular flexibility index (Phi) is 5.50. The van der Waals surface area contributed by atoms with Crippen LogP contribution in [0.5, 0.6) is 0 Å². The van der Waals surface area contributed by atoms with Crippen molar-refractivity contribution in [3.8, 4) is 0 Å². The van der Waals surface area contributed by atoms with Crippen LogP contribution >= 0.6 is 0 Å². The maximum absolute atomic E-state index is 12.7. The van der Waals surface area contributed by atoms with E-state index in [1.54, 1.807) is 0 Å². The standard InChI is InChI=1S/C19H15NO7/c1-9(21)14-7-10(4-6-13(14)18(24)25)16(22)11-3-5-12(17(23)20-2)15(8-11)19(26)27/h3-8H,1-2H3,(H,20,23)(H,24,25)(H,26,27). The number of hydrogen-bond donors (Lipinski definition) is 3. The second-order valence-corrected chi connectivity index (χ2v) is 5.60. The molecule has 0 aliphatic carbocycles. The number of Topliss-reactive ketones (excluding diaryl/α,β-unsaturated/α-hetero) is 1. The molecule has 0 saturated carbocycles. The number of carbonyl (C=O) groups is 5. The SMILES string of the molecule is CNC(=O)c1ccc(C(=O)c2ccc(C(=O)O)c(C(C)=O)c2)cc1C(=O)O. The van der Waals surface area contributed by atoms with Crippen LogP contribution in [0.4, 0.5) is 0 Å². The van der Waals surface area contributed by atoms with Crippen LogP contribution in [0.15, 0.2) is 36.4 Å². The molecule has 8 nitrogen and oxygen atoms in total. The van der Waals surface area contributed by atoms with E-state index in [1.165, 1.54) is 32.2 Å². The summed E-state index contributed by atoms with van der Waals surface area (Å²) in [5, 5.41) is 20.7. The average Bonchev–Trinajstić information content (AvgIpc) is 2.65. The van der Waals surface area contributed by atoms with E-state index in [2.05, 4.69) is 5.32 Å². The van der Waals surface area contributed by atoms with Gasteiger partial charge in [-0.2, -0.15) is 0 Å². The zero-order valence-corrected chi connectivity index (χ0v) is 14.4. The third kappa shape index (κ3) is 3.90. The number of amides is 1. The highest BCUT2D eigenvalue weighted by atomic mass is 16.4. The molecule has 0 saturated heterocycles. The summed E-state index contributed by atoms with van der Waals surface area (Å²) in [5.74, 6) is -4.43. The van der Waals surface area contributed by atoms with Gasteiger partial charge in [0.2, 0.25) is 0 Å². The first kappa shape index (κ1) is 19.5. The van der Waals surface area contributed by atoms with E-state index in [1.807, 2.05) is 0 Å². The molecule has 2 aromatic carbocycles. The van der Waals surface area contributed by atoms with Gasteiger partial charge < -0.3 is 15.5 Å². The van der Waals surface area contributed by atoms with Crippen LogP contribution in [0.2, 0.25) is 0 Å². The van der Waals surface area contributed by atoms with Crippen LogP contribution in [0, 0.1) is 0 Å². The zero-order chi connectivity index (χ0) is 20.3. The quantitative estimate of drug-likeness (QED) is 0.661. The monoisotopic (exact) mass is 369 g/mol. The van der Waals surface area contributed by atoms with Crippen molar-refractivity contribution < 1.29 is 34.2 Å². The number of nitrogens with one attached hydrogen (secondary N) is 1. The molecule has 0 aromatic heterocycles. The lowest BCUT2D eigenvalue weighted by Crippen LogP contribution is -2.21. The molecule has 0 aliphatic rings. The predicted octanol–water partition coefficient (Wildman–Crippen LogP) is 1.88. The second kappa shape index (κ2) is 7.61. The van der Waals surface area contributed by atoms with Gasteiger partial charge in [0.1, 0.15) is 0 Å². The normalized spacial score (nSPS) is 10.1. The molecular formula is C19H15NO7. The van der Waals surface area contributed by atoms with E-state index in [-0.39, 0.29) is 33.4 Å². The van der Waals surface area contributed by atoms with E-state index in [0.29, 0.717) is 0 Å². The second-order valence-electron chi connectivity index (χ2n) is 5.60. The molecule has 0 spiro atoms. The first-order chi connectivity index (χ1) is 12.7. The summed E-state index contributed by atoms with van der Waals surface area (Å²) in [6, 6.07) is 7.11. The number of benzene rings is 2. The molecule has 0 fully saturated rings. The number of rotatable bonds is 6. The Balaban J connectivity index is 2.55. The minimum Gasteiger partial charge on any atom is -0.478 e. The Morgan fingerprint density at radius 2 is 1.22 bits per heavy atom. The lowest BCUT2D eigenvalue weighted by molar-refractivity contribution is 0.0683. The Bertz CT molecular complexity index is 992. The van der Waals surface area contributed by atoms with Gasteiger partial charge in [0, 0.05) is 23.7 Å². The van der Waals surface area contributed by atoms with Crippen molar-refractivity contribution in [2.75, 3.05) is 7.05 Å². The van der Waals surface area contributed by atoms with E-state index >= 15 is 0 Å². The number of hydrogen-bond acceptors (Lipinski definition) is 5. The number of carbonyl (C=O) groups excluding carboxylic acids is 3. The summed E-state index contributed by atoms with van der Waals surface area (Å²) in [4.78, 5) is 58.7. The molecular weight excluding hydrogens is 354 g/mol. The Hall–Kier alpha value is -3.81. The summed E-state index contributed by atoms with van der Waals surface area (Å²) < 4.78 is 0. The van der Waals surface area contributed by atoms with Crippen molar-refractivity contribution in [2.45, 2.75) is 6.92 Å². The fourth-order valence-corrected chi connectivity index (χ4v) is 2.53. The van der Waals surface area contributed by atoms with E-state index in [9.17, 15) is 29.1 Å². The molecule has 0 heterocycles. The van der Waals surface area contributed by atoms with Gasteiger partial charge in [-0.05, 0) is 31.2 Å². The Labute approximate surface area is 153 Å². The average molecular weight is 369 g/mol. The first-order valence-electron chi connectivity index (χ1n) is 7.69. The topological polar surface area (TPSA) is 138 Å². The van der Waals surface area contributed by atoms with Crippen molar-refractivity contribution >= 4 is 29.4 Å². The molecule has 0 aliphatic heterocycles. The summed E-state index contributed by atoms with van der Waals surface area (Å²) in [7, 11) is 1.35. The fraction of sp³-hybridized carbons (Fsp3) is 0.105. The van der Waals surface area contributed by atoms with Crippen LogP contribution in [-0.2, 0) is 0 Å². The van der Waals surface area contributed by atoms with Crippen molar-refractivity contribution in [3.63, 3.8) is 0 Å². The molecule has 8 heteroatoms. The minimum absolute atomic E-state index is 0.0161. The van der Waals surface area contributed by atoms with Crippen molar-refractivity contribution in [2.24, 2.45) is 0 Å².